The molecule has 2 aromatic heterocycles. The van der Waals surface area contributed by atoms with Crippen LogP contribution >= 0.6 is 11.3 Å². The highest BCUT2D eigenvalue weighted by Gasteiger charge is 2.12. The first-order valence-corrected chi connectivity index (χ1v) is 9.66. The molecule has 0 saturated carbocycles. The van der Waals surface area contributed by atoms with Gasteiger partial charge in [0.25, 0.3) is 5.56 Å². The molecule has 0 bridgehead atoms. The minimum atomic E-state index is -0.240. The van der Waals surface area contributed by atoms with Gasteiger partial charge in [-0.1, -0.05) is 0 Å². The summed E-state index contributed by atoms with van der Waals surface area (Å²) in [5, 5.41) is 4.67. The number of fused-ring (bicyclic) bond motifs is 1. The maximum absolute atomic E-state index is 12.3. The smallest absolute Gasteiger partial charge is 0.271 e. The topological polar surface area (TPSA) is 67.2 Å². The van der Waals surface area contributed by atoms with Gasteiger partial charge in [0.05, 0.1) is 11.8 Å². The molecule has 1 amide bonds. The fourth-order valence-electron chi connectivity index (χ4n) is 3.25. The van der Waals surface area contributed by atoms with Crippen LogP contribution in [0.2, 0.25) is 0 Å². The van der Waals surface area contributed by atoms with Gasteiger partial charge < -0.3 is 10.2 Å². The van der Waals surface area contributed by atoms with E-state index in [9.17, 15) is 9.59 Å². The van der Waals surface area contributed by atoms with Crippen LogP contribution in [0, 0.1) is 0 Å². The van der Waals surface area contributed by atoms with Crippen LogP contribution in [0.1, 0.15) is 19.3 Å². The van der Waals surface area contributed by atoms with Crippen LogP contribution in [-0.2, 0) is 11.3 Å². The van der Waals surface area contributed by atoms with Crippen LogP contribution in [-0.4, -0.2) is 28.5 Å². The van der Waals surface area contributed by atoms with Gasteiger partial charge >= 0.3 is 0 Å². The number of rotatable bonds is 4. The number of aromatic nitrogens is 2. The Bertz CT molecular complexity index is 971. The standard InChI is InChI=1S/C19H20N4O2S/c24-17(12-23-13-20-16-8-11-26-18(16)19(23)25)21-14-4-6-15(7-5-14)22-9-2-1-3-10-22/h4-8,11,13H,1-3,9-10,12H2,(H,21,24). The average molecular weight is 368 g/mol. The minimum absolute atomic E-state index is 0.0481. The maximum atomic E-state index is 12.3. The average Bonchev–Trinajstić information content (AvgIpc) is 3.15. The second kappa shape index (κ2) is 7.29. The van der Waals surface area contributed by atoms with Crippen molar-refractivity contribution in [3.63, 3.8) is 0 Å². The summed E-state index contributed by atoms with van der Waals surface area (Å²) in [6.07, 6.45) is 5.19. The van der Waals surface area contributed by atoms with Crippen molar-refractivity contribution >= 4 is 38.8 Å². The van der Waals surface area contributed by atoms with E-state index in [1.165, 1.54) is 47.2 Å². The Labute approximate surface area is 155 Å². The zero-order valence-electron chi connectivity index (χ0n) is 14.4. The van der Waals surface area contributed by atoms with Crippen LogP contribution in [0.25, 0.3) is 10.2 Å². The quantitative estimate of drug-likeness (QED) is 0.768. The Morgan fingerprint density at radius 1 is 1.12 bits per heavy atom. The first kappa shape index (κ1) is 16.8. The maximum Gasteiger partial charge on any atom is 0.271 e. The molecule has 3 aromatic rings. The van der Waals surface area contributed by atoms with Crippen molar-refractivity contribution in [3.8, 4) is 0 Å². The predicted molar refractivity (Wildman–Crippen MR) is 105 cm³/mol. The van der Waals surface area contributed by atoms with E-state index < -0.39 is 0 Å². The van der Waals surface area contributed by atoms with Crippen molar-refractivity contribution in [2.24, 2.45) is 0 Å². The van der Waals surface area contributed by atoms with Crippen molar-refractivity contribution in [2.75, 3.05) is 23.3 Å². The normalized spacial score (nSPS) is 14.5. The van der Waals surface area contributed by atoms with E-state index >= 15 is 0 Å². The molecule has 1 fully saturated rings. The van der Waals surface area contributed by atoms with Crippen molar-refractivity contribution in [3.05, 3.63) is 52.4 Å². The van der Waals surface area contributed by atoms with Gasteiger partial charge in [-0.25, -0.2) is 4.98 Å². The number of hydrogen-bond donors (Lipinski definition) is 1. The van der Waals surface area contributed by atoms with Crippen LogP contribution in [0.4, 0.5) is 11.4 Å². The number of anilines is 2. The zero-order valence-corrected chi connectivity index (χ0v) is 15.2. The van der Waals surface area contributed by atoms with Crippen molar-refractivity contribution in [1.29, 1.82) is 0 Å². The molecule has 26 heavy (non-hydrogen) atoms. The highest BCUT2D eigenvalue weighted by Crippen LogP contribution is 2.21. The molecular formula is C19H20N4O2S. The van der Waals surface area contributed by atoms with Gasteiger partial charge in [-0.15, -0.1) is 11.3 Å². The second-order valence-electron chi connectivity index (χ2n) is 6.46. The summed E-state index contributed by atoms with van der Waals surface area (Å²) in [6, 6.07) is 9.69. The molecule has 0 unspecified atom stereocenters. The van der Waals surface area contributed by atoms with Crippen LogP contribution in [0.5, 0.6) is 0 Å². The molecule has 1 aliphatic heterocycles. The van der Waals surface area contributed by atoms with E-state index in [0.29, 0.717) is 10.2 Å². The third-order valence-corrected chi connectivity index (χ3v) is 5.51. The highest BCUT2D eigenvalue weighted by atomic mass is 32.1. The number of carbonyl (C=O) groups is 1. The van der Waals surface area contributed by atoms with Crippen LogP contribution in [0.15, 0.2) is 46.8 Å². The molecule has 0 radical (unpaired) electrons. The number of nitrogens with one attached hydrogen (secondary N) is 1. The number of carbonyl (C=O) groups excluding carboxylic acids is 1. The minimum Gasteiger partial charge on any atom is -0.372 e. The summed E-state index contributed by atoms with van der Waals surface area (Å²) >= 11 is 1.34. The van der Waals surface area contributed by atoms with Crippen molar-refractivity contribution in [2.45, 2.75) is 25.8 Å². The number of benzene rings is 1. The molecule has 0 atom stereocenters. The lowest BCUT2D eigenvalue weighted by Crippen LogP contribution is -2.29. The lowest BCUT2D eigenvalue weighted by molar-refractivity contribution is -0.116. The van der Waals surface area contributed by atoms with E-state index in [-0.39, 0.29) is 18.0 Å². The van der Waals surface area contributed by atoms with Gasteiger partial charge in [0.2, 0.25) is 5.91 Å². The zero-order chi connectivity index (χ0) is 17.9. The second-order valence-corrected chi connectivity index (χ2v) is 7.37. The SMILES string of the molecule is O=C(Cn1cnc2ccsc2c1=O)Nc1ccc(N2CCCCC2)cc1. The van der Waals surface area contributed by atoms with Gasteiger partial charge in [-0.3, -0.25) is 14.2 Å². The summed E-state index contributed by atoms with van der Waals surface area (Å²) in [6.45, 7) is 2.13. The molecule has 6 nitrogen and oxygen atoms in total. The van der Waals surface area contributed by atoms with Crippen molar-refractivity contribution in [1.82, 2.24) is 9.55 Å². The van der Waals surface area contributed by atoms with E-state index in [4.69, 9.17) is 0 Å². The first-order valence-electron chi connectivity index (χ1n) is 8.78. The van der Waals surface area contributed by atoms with Gasteiger partial charge in [0, 0.05) is 24.5 Å². The summed E-state index contributed by atoms with van der Waals surface area (Å²) in [7, 11) is 0. The molecule has 0 spiro atoms. The molecule has 3 heterocycles. The summed E-state index contributed by atoms with van der Waals surface area (Å²) < 4.78 is 1.92. The van der Waals surface area contributed by atoms with Crippen molar-refractivity contribution < 1.29 is 4.79 Å². The van der Waals surface area contributed by atoms with Gasteiger partial charge in [-0.05, 0) is 55.0 Å². The molecular weight excluding hydrogens is 348 g/mol. The molecule has 4 rings (SSSR count). The highest BCUT2D eigenvalue weighted by molar-refractivity contribution is 7.17. The largest absolute Gasteiger partial charge is 0.372 e. The van der Waals surface area contributed by atoms with Crippen LogP contribution < -0.4 is 15.8 Å². The van der Waals surface area contributed by atoms with E-state index in [1.807, 2.05) is 29.6 Å². The molecule has 0 aliphatic carbocycles. The Kier molecular flexibility index (Phi) is 4.71. The molecule has 1 N–H and O–H groups in total. The van der Waals surface area contributed by atoms with E-state index in [0.717, 1.165) is 18.8 Å². The Hall–Kier alpha value is -2.67. The van der Waals surface area contributed by atoms with Gasteiger partial charge in [0.15, 0.2) is 0 Å². The number of nitrogens with zero attached hydrogens (tertiary/aromatic N) is 3. The fraction of sp³-hybridized carbons (Fsp3) is 0.316. The molecule has 1 saturated heterocycles. The molecule has 7 heteroatoms. The molecule has 1 aliphatic rings. The predicted octanol–water partition coefficient (Wildman–Crippen LogP) is 3.09. The van der Waals surface area contributed by atoms with Gasteiger partial charge in [-0.2, -0.15) is 0 Å². The fourth-order valence-corrected chi connectivity index (χ4v) is 4.05. The third-order valence-electron chi connectivity index (χ3n) is 4.62. The monoisotopic (exact) mass is 368 g/mol. The number of amides is 1. The Balaban J connectivity index is 1.42. The molecule has 1 aromatic carbocycles. The first-order chi connectivity index (χ1) is 12.7. The Morgan fingerprint density at radius 2 is 1.88 bits per heavy atom. The number of piperidine rings is 1. The van der Waals surface area contributed by atoms with E-state index in [1.54, 1.807) is 6.07 Å². The number of thiophene rings is 1. The summed E-state index contributed by atoms with van der Waals surface area (Å²) in [5.74, 6) is -0.240. The molecule has 134 valence electrons. The Morgan fingerprint density at radius 3 is 2.65 bits per heavy atom. The lowest BCUT2D eigenvalue weighted by Gasteiger charge is -2.28. The lowest BCUT2D eigenvalue weighted by atomic mass is 10.1. The van der Waals surface area contributed by atoms with E-state index in [2.05, 4.69) is 15.2 Å². The summed E-state index contributed by atoms with van der Waals surface area (Å²) in [5.41, 5.74) is 2.41. The van der Waals surface area contributed by atoms with Gasteiger partial charge in [0.1, 0.15) is 11.2 Å². The van der Waals surface area contributed by atoms with Crippen LogP contribution in [0.3, 0.4) is 0 Å². The third kappa shape index (κ3) is 3.48. The number of hydrogen-bond acceptors (Lipinski definition) is 5. The summed E-state index contributed by atoms with van der Waals surface area (Å²) in [4.78, 5) is 31.2.